The summed E-state index contributed by atoms with van der Waals surface area (Å²) in [6.07, 6.45) is -0.333. The van der Waals surface area contributed by atoms with Gasteiger partial charge in [0.15, 0.2) is 11.6 Å². The van der Waals surface area contributed by atoms with Gasteiger partial charge in [0.2, 0.25) is 5.91 Å². The average molecular weight is 457 g/mol. The maximum Gasteiger partial charge on any atom is 0.251 e. The summed E-state index contributed by atoms with van der Waals surface area (Å²) in [5.41, 5.74) is 1.11. The van der Waals surface area contributed by atoms with Crippen molar-refractivity contribution in [1.82, 2.24) is 15.3 Å². The molecule has 0 bridgehead atoms. The minimum atomic E-state index is -0.829. The molecule has 8 nitrogen and oxygen atoms in total. The molecule has 4 rings (SSSR count). The molecule has 2 aromatic rings. The lowest BCUT2D eigenvalue weighted by atomic mass is 9.87. The van der Waals surface area contributed by atoms with E-state index in [0.29, 0.717) is 31.2 Å². The molecular weight excluding hydrogens is 427 g/mol. The van der Waals surface area contributed by atoms with E-state index in [1.807, 2.05) is 30.3 Å². The third-order valence-corrected chi connectivity index (χ3v) is 6.23. The number of hydroxylamine groups is 2. The smallest absolute Gasteiger partial charge is 0.251 e. The summed E-state index contributed by atoms with van der Waals surface area (Å²) in [5, 5.41) is 13.4. The van der Waals surface area contributed by atoms with E-state index in [2.05, 4.69) is 10.2 Å². The Morgan fingerprint density at radius 3 is 2.39 bits per heavy atom. The molecule has 0 aromatic heterocycles. The van der Waals surface area contributed by atoms with Gasteiger partial charge < -0.3 is 19.9 Å². The quantitative estimate of drug-likeness (QED) is 0.527. The zero-order valence-electron chi connectivity index (χ0n) is 18.6. The van der Waals surface area contributed by atoms with Crippen molar-refractivity contribution in [2.75, 3.05) is 44.7 Å². The number of halogens is 1. The highest BCUT2D eigenvalue weighted by Crippen LogP contribution is 2.26. The molecule has 33 heavy (non-hydrogen) atoms. The van der Waals surface area contributed by atoms with Crippen molar-refractivity contribution in [3.05, 3.63) is 60.4 Å². The van der Waals surface area contributed by atoms with Crippen molar-refractivity contribution in [1.29, 1.82) is 0 Å². The average Bonchev–Trinajstić information content (AvgIpc) is 2.85. The fraction of sp³-hybridized carbons (Fsp3) is 0.417. The van der Waals surface area contributed by atoms with Gasteiger partial charge in [-0.25, -0.2) is 9.45 Å². The predicted octanol–water partition coefficient (Wildman–Crippen LogP) is 1.75. The molecule has 0 aliphatic carbocycles. The van der Waals surface area contributed by atoms with E-state index in [1.54, 1.807) is 17.0 Å². The number of piperidine rings is 1. The first-order valence-corrected chi connectivity index (χ1v) is 11.1. The summed E-state index contributed by atoms with van der Waals surface area (Å²) in [6, 6.07) is 15.3. The lowest BCUT2D eigenvalue weighted by molar-refractivity contribution is -0.169. The highest BCUT2D eigenvalue weighted by atomic mass is 19.1. The number of para-hydroxylation sites is 2. The Bertz CT molecular complexity index is 966. The summed E-state index contributed by atoms with van der Waals surface area (Å²) < 4.78 is 19.8. The molecule has 0 radical (unpaired) electrons. The van der Waals surface area contributed by atoms with E-state index in [-0.39, 0.29) is 24.6 Å². The van der Waals surface area contributed by atoms with Gasteiger partial charge in [-0.05, 0) is 30.7 Å². The maximum absolute atomic E-state index is 14.0. The van der Waals surface area contributed by atoms with Crippen LogP contribution in [0.1, 0.15) is 6.42 Å². The Balaban J connectivity index is 1.42. The molecule has 2 N–H and O–H groups in total. The van der Waals surface area contributed by atoms with E-state index in [1.165, 1.54) is 19.2 Å². The number of hydrogen-bond acceptors (Lipinski definition) is 6. The van der Waals surface area contributed by atoms with Gasteiger partial charge in [-0.3, -0.25) is 14.8 Å². The number of amides is 2. The molecule has 2 aliphatic rings. The number of ether oxygens (including phenoxy) is 1. The van der Waals surface area contributed by atoms with Crippen LogP contribution in [-0.2, 0) is 9.59 Å². The maximum atomic E-state index is 14.0. The molecule has 2 aliphatic heterocycles. The Morgan fingerprint density at radius 2 is 1.73 bits per heavy atom. The number of carbonyl (C=O) groups excluding carboxylic acids is 2. The van der Waals surface area contributed by atoms with Crippen LogP contribution in [0.4, 0.5) is 10.1 Å². The first-order chi connectivity index (χ1) is 15.9. The van der Waals surface area contributed by atoms with Crippen LogP contribution in [0.3, 0.4) is 0 Å². The first-order valence-electron chi connectivity index (χ1n) is 11.1. The number of rotatable bonds is 5. The van der Waals surface area contributed by atoms with Crippen molar-refractivity contribution in [3.8, 4) is 5.75 Å². The fourth-order valence-electron chi connectivity index (χ4n) is 4.48. The SMILES string of the molecule is CN(O)C(=O)[C@H]1C[C@H](Oc2ccccc2F)CN[C@@H]1C(=O)N1CCN(c2ccccc2)CC1. The minimum Gasteiger partial charge on any atom is -0.486 e. The Morgan fingerprint density at radius 1 is 1.06 bits per heavy atom. The zero-order valence-corrected chi connectivity index (χ0v) is 18.6. The molecule has 176 valence electrons. The van der Waals surface area contributed by atoms with Gasteiger partial charge in [0.05, 0.1) is 12.0 Å². The third-order valence-electron chi connectivity index (χ3n) is 6.23. The van der Waals surface area contributed by atoms with E-state index in [0.717, 1.165) is 5.69 Å². The standard InChI is InChI=1S/C24H29FN4O4/c1-27(32)23(30)19-15-18(33-21-10-6-5-9-20(21)25)16-26-22(19)24(31)29-13-11-28(12-14-29)17-7-3-2-4-8-17/h2-10,18-19,22,26,32H,11-16H2,1H3/t18-,19-,22-/m0/s1. The Kier molecular flexibility index (Phi) is 7.10. The van der Waals surface area contributed by atoms with Crippen molar-refractivity contribution in [2.45, 2.75) is 18.6 Å². The molecule has 3 atom stereocenters. The van der Waals surface area contributed by atoms with Crippen LogP contribution in [0, 0.1) is 11.7 Å². The van der Waals surface area contributed by atoms with Crippen LogP contribution in [0.2, 0.25) is 0 Å². The number of nitrogens with one attached hydrogen (secondary N) is 1. The summed E-state index contributed by atoms with van der Waals surface area (Å²) in [7, 11) is 1.24. The fourth-order valence-corrected chi connectivity index (χ4v) is 4.48. The molecule has 2 aromatic carbocycles. The van der Waals surface area contributed by atoms with Gasteiger partial charge in [-0.1, -0.05) is 30.3 Å². The zero-order chi connectivity index (χ0) is 23.4. The Labute approximate surface area is 192 Å². The minimum absolute atomic E-state index is 0.0923. The molecule has 0 spiro atoms. The Hall–Kier alpha value is -3.17. The molecule has 9 heteroatoms. The van der Waals surface area contributed by atoms with Crippen molar-refractivity contribution in [2.24, 2.45) is 5.92 Å². The molecular formula is C24H29FN4O4. The van der Waals surface area contributed by atoms with E-state index < -0.39 is 29.8 Å². The normalized spacial score (nSPS) is 23.2. The number of anilines is 1. The lowest BCUT2D eigenvalue weighted by Crippen LogP contribution is -2.62. The van der Waals surface area contributed by atoms with Gasteiger partial charge in [0.25, 0.3) is 5.91 Å². The largest absolute Gasteiger partial charge is 0.486 e. The van der Waals surface area contributed by atoms with Crippen molar-refractivity contribution in [3.63, 3.8) is 0 Å². The van der Waals surface area contributed by atoms with Crippen LogP contribution >= 0.6 is 0 Å². The van der Waals surface area contributed by atoms with Gasteiger partial charge in [-0.15, -0.1) is 0 Å². The highest BCUT2D eigenvalue weighted by molar-refractivity contribution is 5.90. The highest BCUT2D eigenvalue weighted by Gasteiger charge is 2.43. The van der Waals surface area contributed by atoms with Crippen molar-refractivity contribution < 1.29 is 23.9 Å². The summed E-state index contributed by atoms with van der Waals surface area (Å²) in [6.45, 7) is 2.75. The van der Waals surface area contributed by atoms with Crippen LogP contribution in [0.5, 0.6) is 5.75 Å². The van der Waals surface area contributed by atoms with Gasteiger partial charge in [-0.2, -0.15) is 0 Å². The second-order valence-electron chi connectivity index (χ2n) is 8.41. The molecule has 0 saturated carbocycles. The van der Waals surface area contributed by atoms with Crippen LogP contribution in [0.25, 0.3) is 0 Å². The van der Waals surface area contributed by atoms with Gasteiger partial charge in [0.1, 0.15) is 6.10 Å². The first kappa shape index (κ1) is 23.0. The van der Waals surface area contributed by atoms with E-state index in [4.69, 9.17) is 4.74 Å². The molecule has 2 fully saturated rings. The second kappa shape index (κ2) is 10.2. The van der Waals surface area contributed by atoms with Crippen LogP contribution < -0.4 is 15.0 Å². The number of piperazine rings is 1. The number of hydrogen-bond donors (Lipinski definition) is 2. The topological polar surface area (TPSA) is 85.3 Å². The van der Waals surface area contributed by atoms with E-state index >= 15 is 0 Å². The molecule has 0 unspecified atom stereocenters. The summed E-state index contributed by atoms with van der Waals surface area (Å²) in [5.74, 6) is -1.98. The van der Waals surface area contributed by atoms with Crippen LogP contribution in [-0.4, -0.2) is 78.9 Å². The number of benzene rings is 2. The molecule has 2 heterocycles. The molecule has 2 amide bonds. The van der Waals surface area contributed by atoms with Gasteiger partial charge >= 0.3 is 0 Å². The summed E-state index contributed by atoms with van der Waals surface area (Å²) in [4.78, 5) is 30.0. The van der Waals surface area contributed by atoms with Crippen LogP contribution in [0.15, 0.2) is 54.6 Å². The predicted molar refractivity (Wildman–Crippen MR) is 121 cm³/mol. The van der Waals surface area contributed by atoms with Gasteiger partial charge in [0, 0.05) is 45.5 Å². The monoisotopic (exact) mass is 456 g/mol. The summed E-state index contributed by atoms with van der Waals surface area (Å²) >= 11 is 0. The van der Waals surface area contributed by atoms with E-state index in [9.17, 15) is 19.2 Å². The third kappa shape index (κ3) is 5.26. The second-order valence-corrected chi connectivity index (χ2v) is 8.41. The lowest BCUT2D eigenvalue weighted by Gasteiger charge is -2.41. The number of carbonyl (C=O) groups is 2. The molecule has 2 saturated heterocycles. The number of nitrogens with zero attached hydrogens (tertiary/aromatic N) is 3. The van der Waals surface area contributed by atoms with Crippen molar-refractivity contribution >= 4 is 17.5 Å².